The Morgan fingerprint density at radius 1 is 0.750 bits per heavy atom. The third kappa shape index (κ3) is 11.5. The van der Waals surface area contributed by atoms with E-state index in [2.05, 4.69) is 25.8 Å². The largest absolute Gasteiger partial charge is 0.496 e. The number of carbonyl (C=O) groups is 4. The van der Waals surface area contributed by atoms with Gasteiger partial charge in [0.2, 0.25) is 0 Å². The highest BCUT2D eigenvalue weighted by atomic mass is 16.5. The smallest absolute Gasteiger partial charge is 0.338 e. The Labute approximate surface area is 260 Å². The van der Waals surface area contributed by atoms with Crippen molar-refractivity contribution in [3.8, 4) is 11.5 Å². The van der Waals surface area contributed by atoms with Crippen LogP contribution in [0.25, 0.3) is 11.6 Å². The summed E-state index contributed by atoms with van der Waals surface area (Å²) in [5.41, 5.74) is 4.81. The molecule has 0 fully saturated rings. The van der Waals surface area contributed by atoms with Crippen LogP contribution in [0.4, 0.5) is 0 Å². The van der Waals surface area contributed by atoms with Gasteiger partial charge in [0.25, 0.3) is 0 Å². The molecule has 0 aliphatic rings. The van der Waals surface area contributed by atoms with E-state index in [0.717, 1.165) is 42.2 Å². The Kier molecular flexibility index (Phi) is 14.6. The predicted octanol–water partition coefficient (Wildman–Crippen LogP) is 6.80. The molecule has 2 rings (SSSR count). The normalized spacial score (nSPS) is 10.9. The van der Waals surface area contributed by atoms with Crippen molar-refractivity contribution < 1.29 is 38.1 Å². The van der Waals surface area contributed by atoms with Crippen molar-refractivity contribution in [1.82, 2.24) is 0 Å². The second kappa shape index (κ2) is 18.1. The quantitative estimate of drug-likeness (QED) is 0.0458. The van der Waals surface area contributed by atoms with E-state index >= 15 is 0 Å². The van der Waals surface area contributed by atoms with Crippen LogP contribution in [0.2, 0.25) is 0 Å². The van der Waals surface area contributed by atoms with Gasteiger partial charge in [0, 0.05) is 27.9 Å². The molecule has 0 unspecified atom stereocenters. The van der Waals surface area contributed by atoms with Crippen LogP contribution in [0.5, 0.6) is 11.5 Å². The molecule has 0 aliphatic carbocycles. The van der Waals surface area contributed by atoms with Crippen LogP contribution in [-0.4, -0.2) is 44.5 Å². The second-order valence-corrected chi connectivity index (χ2v) is 10.5. The van der Waals surface area contributed by atoms with Gasteiger partial charge in [0.1, 0.15) is 11.5 Å². The van der Waals surface area contributed by atoms with Crippen LogP contribution in [0.1, 0.15) is 68.7 Å². The lowest BCUT2D eigenvalue weighted by Gasteiger charge is -2.16. The Morgan fingerprint density at radius 3 is 1.80 bits per heavy atom. The average molecular weight is 603 g/mol. The van der Waals surface area contributed by atoms with E-state index in [0.29, 0.717) is 59.7 Å². The number of rotatable bonds is 18. The molecule has 0 spiro atoms. The number of benzene rings is 2. The lowest BCUT2D eigenvalue weighted by Crippen LogP contribution is -2.08. The van der Waals surface area contributed by atoms with Crippen LogP contribution in [-0.2, 0) is 41.5 Å². The molecule has 0 bridgehead atoms. The number of hydrogen-bond acceptors (Lipinski definition) is 8. The molecular weight excluding hydrogens is 560 g/mol. The van der Waals surface area contributed by atoms with Gasteiger partial charge in [-0.05, 0) is 100 Å². The molecule has 8 heteroatoms. The molecule has 44 heavy (non-hydrogen) atoms. The first kappa shape index (κ1) is 35.5. The van der Waals surface area contributed by atoms with Gasteiger partial charge < -0.3 is 18.9 Å². The molecule has 0 N–H and O–H groups in total. The Bertz CT molecular complexity index is 1410. The molecule has 0 radical (unpaired) electrons. The van der Waals surface area contributed by atoms with E-state index < -0.39 is 17.9 Å². The molecule has 0 heterocycles. The zero-order valence-electron chi connectivity index (χ0n) is 26.2. The summed E-state index contributed by atoms with van der Waals surface area (Å²) in [6, 6.07) is 10.7. The predicted molar refractivity (Wildman–Crippen MR) is 171 cm³/mol. The van der Waals surface area contributed by atoms with Gasteiger partial charge in [-0.1, -0.05) is 37.9 Å². The fourth-order valence-electron chi connectivity index (χ4n) is 4.16. The number of aryl methyl sites for hydroxylation is 2. The maximum atomic E-state index is 12.2. The van der Waals surface area contributed by atoms with Gasteiger partial charge in [0.15, 0.2) is 6.29 Å². The maximum absolute atomic E-state index is 12.2. The van der Waals surface area contributed by atoms with Crippen molar-refractivity contribution in [3.05, 3.63) is 95.1 Å². The van der Waals surface area contributed by atoms with Crippen molar-refractivity contribution in [2.45, 2.75) is 59.3 Å². The number of hydrogen-bond donors (Lipinski definition) is 0. The Hall–Kier alpha value is -4.72. The van der Waals surface area contributed by atoms with E-state index in [9.17, 15) is 19.2 Å². The van der Waals surface area contributed by atoms with Crippen LogP contribution in [0.15, 0.2) is 72.9 Å². The van der Waals surface area contributed by atoms with Crippen molar-refractivity contribution in [2.75, 3.05) is 20.3 Å². The Morgan fingerprint density at radius 2 is 1.30 bits per heavy atom. The number of unbranched alkanes of at least 4 members (excludes halogenated alkanes) is 2. The zero-order valence-corrected chi connectivity index (χ0v) is 26.2. The number of carbonyl (C=O) groups excluding carboxylic acids is 4. The molecule has 0 saturated heterocycles. The van der Waals surface area contributed by atoms with Gasteiger partial charge in [-0.15, -0.1) is 0 Å². The fraction of sp³-hybridized carbons (Fsp3) is 0.333. The number of ether oxygens (including phenoxy) is 4. The summed E-state index contributed by atoms with van der Waals surface area (Å²) in [6.07, 6.45) is 6.79. The maximum Gasteiger partial charge on any atom is 0.338 e. The summed E-state index contributed by atoms with van der Waals surface area (Å²) in [7, 11) is 1.59. The molecule has 2 aromatic rings. The molecule has 0 aromatic heterocycles. The molecule has 0 saturated carbocycles. The van der Waals surface area contributed by atoms with Gasteiger partial charge >= 0.3 is 17.9 Å². The van der Waals surface area contributed by atoms with Gasteiger partial charge in [0.05, 0.1) is 20.3 Å². The van der Waals surface area contributed by atoms with Gasteiger partial charge in [-0.2, -0.15) is 0 Å². The lowest BCUT2D eigenvalue weighted by molar-refractivity contribution is -0.139. The first-order chi connectivity index (χ1) is 21.0. The summed E-state index contributed by atoms with van der Waals surface area (Å²) in [6.45, 7) is 16.2. The number of allylic oxidation sites excluding steroid dienone is 1. The topological polar surface area (TPSA) is 105 Å². The van der Waals surface area contributed by atoms with Gasteiger partial charge in [-0.3, -0.25) is 4.79 Å². The van der Waals surface area contributed by atoms with Crippen molar-refractivity contribution in [2.24, 2.45) is 0 Å². The molecule has 234 valence electrons. The van der Waals surface area contributed by atoms with Crippen LogP contribution < -0.4 is 9.47 Å². The monoisotopic (exact) mass is 602 g/mol. The highest BCUT2D eigenvalue weighted by Gasteiger charge is 2.14. The van der Waals surface area contributed by atoms with Crippen LogP contribution in [0.3, 0.4) is 0 Å². The van der Waals surface area contributed by atoms with E-state index in [1.807, 2.05) is 6.07 Å². The summed E-state index contributed by atoms with van der Waals surface area (Å²) < 4.78 is 21.5. The molecule has 0 aliphatic heterocycles. The zero-order chi connectivity index (χ0) is 32.6. The van der Waals surface area contributed by atoms with Crippen LogP contribution >= 0.6 is 0 Å². The van der Waals surface area contributed by atoms with E-state index in [1.54, 1.807) is 58.2 Å². The summed E-state index contributed by atoms with van der Waals surface area (Å²) >= 11 is 0. The van der Waals surface area contributed by atoms with E-state index in [1.165, 1.54) is 0 Å². The number of esters is 3. The molecule has 0 atom stereocenters. The number of aldehydes is 1. The summed E-state index contributed by atoms with van der Waals surface area (Å²) in [5.74, 6) is -0.345. The SMILES string of the molecule is C=C(C)C(=O)OCCCCc1cc(/C=C(\C=O)c2ccc(OC(=O)C(=C)C)cc2)c(OC)c(CCCCOC(=O)C(=C)C)c1. The minimum absolute atomic E-state index is 0.283. The Balaban J connectivity index is 2.31. The average Bonchev–Trinajstić information content (AvgIpc) is 2.99. The summed E-state index contributed by atoms with van der Waals surface area (Å²) in [4.78, 5) is 47.4. The number of methoxy groups -OCH3 is 1. The minimum Gasteiger partial charge on any atom is -0.496 e. The van der Waals surface area contributed by atoms with Crippen molar-refractivity contribution >= 4 is 35.8 Å². The van der Waals surface area contributed by atoms with Crippen molar-refractivity contribution in [3.63, 3.8) is 0 Å². The molecule has 8 nitrogen and oxygen atoms in total. The first-order valence-electron chi connectivity index (χ1n) is 14.5. The third-order valence-corrected chi connectivity index (χ3v) is 6.51. The highest BCUT2D eigenvalue weighted by Crippen LogP contribution is 2.32. The molecule has 0 amide bonds. The molecule has 2 aromatic carbocycles. The fourth-order valence-corrected chi connectivity index (χ4v) is 4.16. The van der Waals surface area contributed by atoms with E-state index in [-0.39, 0.29) is 12.2 Å². The first-order valence-corrected chi connectivity index (χ1v) is 14.5. The molecular formula is C36H42O8. The van der Waals surface area contributed by atoms with Gasteiger partial charge in [-0.25, -0.2) is 14.4 Å². The van der Waals surface area contributed by atoms with E-state index in [4.69, 9.17) is 18.9 Å². The van der Waals surface area contributed by atoms with Crippen molar-refractivity contribution in [1.29, 1.82) is 0 Å². The third-order valence-electron chi connectivity index (χ3n) is 6.51. The van der Waals surface area contributed by atoms with Crippen LogP contribution in [0, 0.1) is 0 Å². The minimum atomic E-state index is -0.527. The highest BCUT2D eigenvalue weighted by molar-refractivity contribution is 6.13. The lowest BCUT2D eigenvalue weighted by atomic mass is 9.95. The summed E-state index contributed by atoms with van der Waals surface area (Å²) in [5, 5.41) is 0. The standard InChI is InChI=1S/C36H42O8/c1-24(2)34(38)42-18-10-8-12-27-20-29(13-9-11-19-43-35(39)25(3)4)33(41-7)30(21-27)22-31(23-37)28-14-16-32(17-15-28)44-36(40)26(5)6/h14-17,20-23H,1,3,5,8-13,18-19H2,2,4,6-7H3/b31-22+. The second-order valence-electron chi connectivity index (χ2n) is 10.5.